The van der Waals surface area contributed by atoms with Crippen LogP contribution in [0.5, 0.6) is 0 Å². The van der Waals surface area contributed by atoms with Crippen LogP contribution in [0.15, 0.2) is 24.3 Å². The first-order valence-corrected chi connectivity index (χ1v) is 6.65. The van der Waals surface area contributed by atoms with E-state index in [-0.39, 0.29) is 0 Å². The largest absolute Gasteiger partial charge is 0.374 e. The fourth-order valence-corrected chi connectivity index (χ4v) is 1.99. The molecule has 0 radical (unpaired) electrons. The molecule has 0 amide bonds. The SMILES string of the molecule is CCCNC(C)CCN(C)c1ccccc1C. The van der Waals surface area contributed by atoms with Gasteiger partial charge in [0.05, 0.1) is 0 Å². The van der Waals surface area contributed by atoms with Gasteiger partial charge in [-0.15, -0.1) is 0 Å². The molecule has 1 atom stereocenters. The Morgan fingerprint density at radius 3 is 2.65 bits per heavy atom. The first-order valence-electron chi connectivity index (χ1n) is 6.65. The molecule has 2 heteroatoms. The van der Waals surface area contributed by atoms with E-state index < -0.39 is 0 Å². The molecule has 0 spiro atoms. The Hall–Kier alpha value is -1.02. The zero-order valence-electron chi connectivity index (χ0n) is 11.7. The number of nitrogens with one attached hydrogen (secondary N) is 1. The summed E-state index contributed by atoms with van der Waals surface area (Å²) in [6.07, 6.45) is 2.39. The molecule has 0 fully saturated rings. The lowest BCUT2D eigenvalue weighted by Gasteiger charge is -2.23. The average Bonchev–Trinajstić information content (AvgIpc) is 2.34. The molecule has 17 heavy (non-hydrogen) atoms. The number of anilines is 1. The highest BCUT2D eigenvalue weighted by molar-refractivity contribution is 5.52. The second kappa shape index (κ2) is 7.33. The predicted molar refractivity (Wildman–Crippen MR) is 76.8 cm³/mol. The molecule has 0 aromatic heterocycles. The van der Waals surface area contributed by atoms with Crippen LogP contribution < -0.4 is 10.2 Å². The Morgan fingerprint density at radius 1 is 1.29 bits per heavy atom. The summed E-state index contributed by atoms with van der Waals surface area (Å²) in [5.74, 6) is 0. The fourth-order valence-electron chi connectivity index (χ4n) is 1.99. The molecular formula is C15H26N2. The first kappa shape index (κ1) is 14.0. The Morgan fingerprint density at radius 2 is 2.00 bits per heavy atom. The van der Waals surface area contributed by atoms with Crippen LogP contribution in [0.3, 0.4) is 0 Å². The Bertz CT molecular complexity index is 322. The summed E-state index contributed by atoms with van der Waals surface area (Å²) in [4.78, 5) is 2.35. The van der Waals surface area contributed by atoms with Crippen LogP contribution in [0.25, 0.3) is 0 Å². The molecule has 0 heterocycles. The number of hydrogen-bond acceptors (Lipinski definition) is 2. The van der Waals surface area contributed by atoms with Crippen LogP contribution in [0.2, 0.25) is 0 Å². The van der Waals surface area contributed by atoms with Gasteiger partial charge >= 0.3 is 0 Å². The molecule has 96 valence electrons. The smallest absolute Gasteiger partial charge is 0.0393 e. The van der Waals surface area contributed by atoms with E-state index in [1.807, 2.05) is 0 Å². The summed E-state index contributed by atoms with van der Waals surface area (Å²) >= 11 is 0. The molecule has 1 unspecified atom stereocenters. The van der Waals surface area contributed by atoms with Gasteiger partial charge < -0.3 is 10.2 Å². The standard InChI is InChI=1S/C15H26N2/c1-5-11-16-14(3)10-12-17(4)15-9-7-6-8-13(15)2/h6-9,14,16H,5,10-12H2,1-4H3. The van der Waals surface area contributed by atoms with Crippen molar-refractivity contribution in [2.75, 3.05) is 25.0 Å². The molecule has 0 saturated carbocycles. The number of rotatable bonds is 7. The summed E-state index contributed by atoms with van der Waals surface area (Å²) in [5, 5.41) is 3.53. The third-order valence-electron chi connectivity index (χ3n) is 3.17. The third-order valence-corrected chi connectivity index (χ3v) is 3.17. The van der Waals surface area contributed by atoms with E-state index in [9.17, 15) is 0 Å². The minimum Gasteiger partial charge on any atom is -0.374 e. The third kappa shape index (κ3) is 4.78. The van der Waals surface area contributed by atoms with E-state index in [0.29, 0.717) is 6.04 Å². The van der Waals surface area contributed by atoms with Crippen molar-refractivity contribution >= 4 is 5.69 Å². The van der Waals surface area contributed by atoms with Gasteiger partial charge in [-0.05, 0) is 44.9 Å². The van der Waals surface area contributed by atoms with Gasteiger partial charge in [-0.2, -0.15) is 0 Å². The lowest BCUT2D eigenvalue weighted by Crippen LogP contribution is -2.31. The van der Waals surface area contributed by atoms with Crippen molar-refractivity contribution in [3.05, 3.63) is 29.8 Å². The molecule has 2 nitrogen and oxygen atoms in total. The van der Waals surface area contributed by atoms with Crippen LogP contribution >= 0.6 is 0 Å². The van der Waals surface area contributed by atoms with Crippen LogP contribution in [0, 0.1) is 6.92 Å². The number of benzene rings is 1. The molecule has 0 aliphatic carbocycles. The maximum absolute atomic E-state index is 3.53. The minimum atomic E-state index is 0.599. The molecule has 1 rings (SSSR count). The van der Waals surface area contributed by atoms with Gasteiger partial charge in [0.25, 0.3) is 0 Å². The monoisotopic (exact) mass is 234 g/mol. The number of aryl methyl sites for hydroxylation is 1. The molecule has 0 aliphatic rings. The van der Waals surface area contributed by atoms with E-state index >= 15 is 0 Å². The van der Waals surface area contributed by atoms with E-state index in [0.717, 1.165) is 13.1 Å². The quantitative estimate of drug-likeness (QED) is 0.779. The van der Waals surface area contributed by atoms with Gasteiger partial charge in [-0.1, -0.05) is 25.1 Å². The second-order valence-corrected chi connectivity index (χ2v) is 4.85. The number of hydrogen-bond donors (Lipinski definition) is 1. The molecule has 0 bridgehead atoms. The zero-order valence-corrected chi connectivity index (χ0v) is 11.7. The highest BCUT2D eigenvalue weighted by Crippen LogP contribution is 2.17. The Labute approximate surface area is 106 Å². The maximum atomic E-state index is 3.53. The molecule has 1 N–H and O–H groups in total. The average molecular weight is 234 g/mol. The summed E-state index contributed by atoms with van der Waals surface area (Å²) < 4.78 is 0. The van der Waals surface area contributed by atoms with E-state index in [1.54, 1.807) is 0 Å². The van der Waals surface area contributed by atoms with Crippen LogP contribution in [0.4, 0.5) is 5.69 Å². The van der Waals surface area contributed by atoms with E-state index in [4.69, 9.17) is 0 Å². The molecule has 0 aliphatic heterocycles. The van der Waals surface area contributed by atoms with Gasteiger partial charge in [0, 0.05) is 25.3 Å². The molecular weight excluding hydrogens is 208 g/mol. The van der Waals surface area contributed by atoms with Gasteiger partial charge in [0.1, 0.15) is 0 Å². The Kier molecular flexibility index (Phi) is 6.06. The summed E-state index contributed by atoms with van der Waals surface area (Å²) in [5.41, 5.74) is 2.69. The van der Waals surface area contributed by atoms with Crippen molar-refractivity contribution in [1.29, 1.82) is 0 Å². The second-order valence-electron chi connectivity index (χ2n) is 4.85. The van der Waals surface area contributed by atoms with Gasteiger partial charge in [0.15, 0.2) is 0 Å². The summed E-state index contributed by atoms with van der Waals surface area (Å²) in [7, 11) is 2.18. The highest BCUT2D eigenvalue weighted by atomic mass is 15.1. The predicted octanol–water partition coefficient (Wildman–Crippen LogP) is 3.21. The van der Waals surface area contributed by atoms with Gasteiger partial charge in [0.2, 0.25) is 0 Å². The number of nitrogens with zero attached hydrogens (tertiary/aromatic N) is 1. The van der Waals surface area contributed by atoms with Gasteiger partial charge in [-0.25, -0.2) is 0 Å². The lowest BCUT2D eigenvalue weighted by atomic mass is 10.1. The van der Waals surface area contributed by atoms with Crippen molar-refractivity contribution in [3.63, 3.8) is 0 Å². The van der Waals surface area contributed by atoms with Crippen LogP contribution in [0.1, 0.15) is 32.3 Å². The van der Waals surface area contributed by atoms with E-state index in [1.165, 1.54) is 24.1 Å². The van der Waals surface area contributed by atoms with Crippen molar-refractivity contribution < 1.29 is 0 Å². The van der Waals surface area contributed by atoms with Crippen LogP contribution in [-0.2, 0) is 0 Å². The first-order chi connectivity index (χ1) is 8.15. The fraction of sp³-hybridized carbons (Fsp3) is 0.600. The Balaban J connectivity index is 2.39. The molecule has 0 saturated heterocycles. The lowest BCUT2D eigenvalue weighted by molar-refractivity contribution is 0.514. The molecule has 1 aromatic rings. The summed E-state index contributed by atoms with van der Waals surface area (Å²) in [6, 6.07) is 9.17. The number of para-hydroxylation sites is 1. The maximum Gasteiger partial charge on any atom is 0.0393 e. The van der Waals surface area contributed by atoms with Crippen molar-refractivity contribution in [1.82, 2.24) is 5.32 Å². The van der Waals surface area contributed by atoms with Crippen molar-refractivity contribution in [2.24, 2.45) is 0 Å². The minimum absolute atomic E-state index is 0.599. The summed E-state index contributed by atoms with van der Waals surface area (Å²) in [6.45, 7) is 8.86. The van der Waals surface area contributed by atoms with Crippen molar-refractivity contribution in [2.45, 2.75) is 39.7 Å². The zero-order chi connectivity index (χ0) is 12.7. The normalized spacial score (nSPS) is 12.5. The highest BCUT2D eigenvalue weighted by Gasteiger charge is 2.06. The van der Waals surface area contributed by atoms with Crippen LogP contribution in [-0.4, -0.2) is 26.2 Å². The molecule has 1 aromatic carbocycles. The van der Waals surface area contributed by atoms with Crippen molar-refractivity contribution in [3.8, 4) is 0 Å². The van der Waals surface area contributed by atoms with E-state index in [2.05, 4.69) is 62.3 Å². The topological polar surface area (TPSA) is 15.3 Å². The van der Waals surface area contributed by atoms with Gasteiger partial charge in [-0.3, -0.25) is 0 Å².